The average Bonchev–Trinajstić information content (AvgIpc) is 3.74. The van der Waals surface area contributed by atoms with Gasteiger partial charge in [0.1, 0.15) is 17.2 Å². The molecule has 8 rings (SSSR count). The monoisotopic (exact) mass is 1110 g/mol. The van der Waals surface area contributed by atoms with Gasteiger partial charge in [0.15, 0.2) is 0 Å². The van der Waals surface area contributed by atoms with Crippen LogP contribution in [0.4, 0.5) is 4.79 Å². The number of hydrogen-bond donors (Lipinski definition) is 4. The molecule has 2 aromatic carbocycles. The standard InChI is InChI=1S/C22H26ClN3O.C16H20ClN3O2.CHI3.CH4/c23-18-3-1-17(2-4-18)20-25-13-19(26-20)5-6-24-21(27)22-10-14-7-15(11-22)9-16(8-14)12-22;1-16(2,3)22-15(21)18-9-8-13-10-19-14(20-13)11-4-6-12(17)7-5-11;2-1(3)4;/h1-4,13-16H,5-12H2,(H,24,27)(H,25,26);4-7,10H,8-9H2,1-3H3,(H,18,21)(H,19,20);1H;1H4. The van der Waals surface area contributed by atoms with E-state index in [4.69, 9.17) is 27.9 Å². The van der Waals surface area contributed by atoms with Crippen molar-refractivity contribution in [3.05, 3.63) is 82.4 Å². The molecule has 0 saturated heterocycles. The van der Waals surface area contributed by atoms with Gasteiger partial charge in [-0.1, -0.05) is 98.4 Å². The number of carbonyl (C=O) groups is 2. The number of ether oxygens (including phenoxy) is 1. The van der Waals surface area contributed by atoms with Gasteiger partial charge in [0.05, 0.1) is 0 Å². The Labute approximate surface area is 370 Å². The summed E-state index contributed by atoms with van der Waals surface area (Å²) in [5.41, 5.74) is 3.43. The van der Waals surface area contributed by atoms with Gasteiger partial charge in [0.25, 0.3) is 0 Å². The molecule has 4 bridgehead atoms. The summed E-state index contributed by atoms with van der Waals surface area (Å²) < 4.78 is 5.92. The number of hydrogen-bond acceptors (Lipinski definition) is 5. The number of alkyl carbamates (subject to hydrolysis) is 1. The number of imidazole rings is 2. The van der Waals surface area contributed by atoms with Crippen LogP contribution in [0.25, 0.3) is 22.8 Å². The van der Waals surface area contributed by atoms with E-state index >= 15 is 0 Å². The first-order valence-corrected chi connectivity index (χ1v) is 22.4. The molecule has 4 aliphatic carbocycles. The van der Waals surface area contributed by atoms with E-state index < -0.39 is 11.7 Å². The van der Waals surface area contributed by atoms with E-state index in [-0.39, 0.29) is 12.8 Å². The van der Waals surface area contributed by atoms with Crippen molar-refractivity contribution in [1.82, 2.24) is 30.6 Å². The van der Waals surface area contributed by atoms with Crippen molar-refractivity contribution >= 4 is 103 Å². The molecule has 4 fully saturated rings. The summed E-state index contributed by atoms with van der Waals surface area (Å²) in [5.74, 6) is 4.33. The molecule has 4 aliphatic rings. The third-order valence-electron chi connectivity index (χ3n) is 9.75. The van der Waals surface area contributed by atoms with Crippen molar-refractivity contribution in [2.24, 2.45) is 23.2 Å². The molecule has 2 aromatic heterocycles. The van der Waals surface area contributed by atoms with E-state index in [0.717, 1.165) is 82.6 Å². The molecule has 0 aliphatic heterocycles. The summed E-state index contributed by atoms with van der Waals surface area (Å²) in [7, 11) is 0. The fraction of sp³-hybridized carbons (Fsp3) is 0.500. The quantitative estimate of drug-likeness (QED) is 0.0982. The van der Waals surface area contributed by atoms with Crippen LogP contribution in [0.1, 0.15) is 78.1 Å². The second kappa shape index (κ2) is 20.7. The predicted octanol–water partition coefficient (Wildman–Crippen LogP) is 11.6. The smallest absolute Gasteiger partial charge is 0.407 e. The largest absolute Gasteiger partial charge is 0.444 e. The number of carbonyl (C=O) groups excluding carboxylic acids is 2. The molecule has 4 saturated carbocycles. The Bertz CT molecular complexity index is 1750. The first-order chi connectivity index (χ1) is 25.2. The maximum Gasteiger partial charge on any atom is 0.407 e. The average molecular weight is 1120 g/mol. The van der Waals surface area contributed by atoms with Gasteiger partial charge in [-0.05, 0) is 126 Å². The highest BCUT2D eigenvalue weighted by Gasteiger charge is 2.54. The molecule has 0 atom stereocenters. The number of aromatic amines is 2. The van der Waals surface area contributed by atoms with Crippen molar-refractivity contribution in [3.8, 4) is 22.8 Å². The molecule has 0 unspecified atom stereocenters. The lowest BCUT2D eigenvalue weighted by molar-refractivity contribution is -0.146. The highest BCUT2D eigenvalue weighted by molar-refractivity contribution is 14.3. The van der Waals surface area contributed by atoms with E-state index in [1.807, 2.05) is 75.5 Å². The first kappa shape index (κ1) is 45.1. The van der Waals surface area contributed by atoms with Gasteiger partial charge in [-0.3, -0.25) is 4.79 Å². The van der Waals surface area contributed by atoms with Crippen LogP contribution in [0.2, 0.25) is 10.0 Å². The second-order valence-corrected chi connectivity index (χ2v) is 26.9. The second-order valence-electron chi connectivity index (χ2n) is 15.2. The van der Waals surface area contributed by atoms with Crippen LogP contribution in [0.5, 0.6) is 0 Å². The summed E-state index contributed by atoms with van der Waals surface area (Å²) in [5, 5.41) is 7.37. The lowest BCUT2D eigenvalue weighted by atomic mass is 9.49. The van der Waals surface area contributed by atoms with Gasteiger partial charge in [0, 0.05) is 76.3 Å². The van der Waals surface area contributed by atoms with Gasteiger partial charge in [-0.25, -0.2) is 14.8 Å². The maximum absolute atomic E-state index is 13.0. The Morgan fingerprint density at radius 2 is 1.17 bits per heavy atom. The zero-order chi connectivity index (χ0) is 38.2. The minimum atomic E-state index is -0.486. The van der Waals surface area contributed by atoms with Gasteiger partial charge in [-0.2, -0.15) is 0 Å². The Morgan fingerprint density at radius 3 is 1.56 bits per heavy atom. The number of amides is 2. The van der Waals surface area contributed by atoms with E-state index in [1.165, 1.54) is 19.3 Å². The number of nitrogens with zero attached hydrogens (tertiary/aromatic N) is 2. The topological polar surface area (TPSA) is 125 Å². The van der Waals surface area contributed by atoms with Crippen LogP contribution in [0.3, 0.4) is 0 Å². The number of alkyl halides is 3. The molecule has 9 nitrogen and oxygen atoms in total. The third-order valence-corrected chi connectivity index (χ3v) is 10.3. The lowest BCUT2D eigenvalue weighted by Gasteiger charge is -2.55. The molecule has 2 heterocycles. The zero-order valence-corrected chi connectivity index (χ0v) is 38.1. The molecule has 0 radical (unpaired) electrons. The summed E-state index contributed by atoms with van der Waals surface area (Å²) in [4.78, 5) is 39.9. The molecule has 4 N–H and O–H groups in total. The first-order valence-electron chi connectivity index (χ1n) is 17.9. The van der Waals surface area contributed by atoms with Crippen LogP contribution in [0.15, 0.2) is 60.9 Å². The maximum atomic E-state index is 13.0. The van der Waals surface area contributed by atoms with Crippen LogP contribution in [-0.4, -0.2) is 50.6 Å². The van der Waals surface area contributed by atoms with Gasteiger partial charge >= 0.3 is 6.09 Å². The molecule has 54 heavy (non-hydrogen) atoms. The van der Waals surface area contributed by atoms with E-state index in [2.05, 4.69) is 98.3 Å². The number of benzene rings is 2. The molecular weight excluding hydrogens is 1060 g/mol. The third kappa shape index (κ3) is 13.8. The molecule has 2 amide bonds. The van der Waals surface area contributed by atoms with Crippen molar-refractivity contribution in [3.63, 3.8) is 0 Å². The Morgan fingerprint density at radius 1 is 0.778 bits per heavy atom. The normalized spacial score (nSPS) is 20.9. The fourth-order valence-corrected chi connectivity index (χ4v) is 8.23. The zero-order valence-electron chi connectivity index (χ0n) is 30.2. The number of aromatic nitrogens is 4. The van der Waals surface area contributed by atoms with Crippen molar-refractivity contribution in [1.29, 1.82) is 0 Å². The van der Waals surface area contributed by atoms with Crippen molar-refractivity contribution in [2.75, 3.05) is 13.1 Å². The van der Waals surface area contributed by atoms with Crippen LogP contribution >= 0.6 is 91.0 Å². The van der Waals surface area contributed by atoms with Gasteiger partial charge in [0.2, 0.25) is 5.91 Å². The van der Waals surface area contributed by atoms with E-state index in [9.17, 15) is 9.59 Å². The van der Waals surface area contributed by atoms with Crippen LogP contribution < -0.4 is 10.6 Å². The van der Waals surface area contributed by atoms with Gasteiger partial charge in [-0.15, -0.1) is 0 Å². The summed E-state index contributed by atoms with van der Waals surface area (Å²) >= 11 is 18.8. The lowest BCUT2D eigenvalue weighted by Crippen LogP contribution is -2.53. The molecule has 4 aromatic rings. The van der Waals surface area contributed by atoms with E-state index in [0.29, 0.717) is 30.4 Å². The Balaban J connectivity index is 0.000000220. The minimum absolute atomic E-state index is 0. The molecule has 0 spiro atoms. The highest BCUT2D eigenvalue weighted by atomic mass is 127. The van der Waals surface area contributed by atoms with Crippen molar-refractivity contribution in [2.45, 2.75) is 85.1 Å². The number of H-pyrrole nitrogens is 2. The Hall–Kier alpha value is -1.63. The number of rotatable bonds is 9. The fourth-order valence-electron chi connectivity index (χ4n) is 7.98. The van der Waals surface area contributed by atoms with E-state index in [1.54, 1.807) is 6.20 Å². The predicted molar refractivity (Wildman–Crippen MR) is 246 cm³/mol. The SMILES string of the molecule is C.CC(C)(C)OC(=O)NCCc1cnc(-c2ccc(Cl)cc2)[nH]1.IC(I)I.O=C(NCCc1cnc(-c2ccc(Cl)cc2)[nH]1)C12CC3CC(CC(C3)C1)C2. The summed E-state index contributed by atoms with van der Waals surface area (Å²) in [6, 6.07) is 15.1. The molecule has 294 valence electrons. The van der Waals surface area contributed by atoms with Crippen LogP contribution in [0, 0.1) is 23.2 Å². The molecule has 14 heteroatoms. The number of nitrogens with one attached hydrogen (secondary N) is 4. The summed E-state index contributed by atoms with van der Waals surface area (Å²) in [6.45, 7) is 6.65. The van der Waals surface area contributed by atoms with Crippen LogP contribution in [-0.2, 0) is 22.4 Å². The highest BCUT2D eigenvalue weighted by Crippen LogP contribution is 2.60. The Kier molecular flexibility index (Phi) is 17.3. The summed E-state index contributed by atoms with van der Waals surface area (Å²) in [6.07, 6.45) is 12.1. The number of halogens is 5. The van der Waals surface area contributed by atoms with Gasteiger partial charge < -0.3 is 25.3 Å². The molecular formula is C40H51Cl2I3N6O3. The minimum Gasteiger partial charge on any atom is -0.444 e. The van der Waals surface area contributed by atoms with Crippen molar-refractivity contribution < 1.29 is 14.3 Å².